The van der Waals surface area contributed by atoms with Gasteiger partial charge < -0.3 is 9.15 Å². The number of carbonyl (C=O) groups excluding carboxylic acids is 1. The van der Waals surface area contributed by atoms with Crippen LogP contribution in [0.3, 0.4) is 0 Å². The summed E-state index contributed by atoms with van der Waals surface area (Å²) in [7, 11) is 4.59. The van der Waals surface area contributed by atoms with E-state index in [1.165, 1.54) is 29.9 Å². The standard InChI is InChI=1S/C13H12N2O4S/c1-15(18-3)13(16)10-4-7-9(20-10)5-8(17-2)12-11(7)14-6-19-12/h4-6H,1-3H3. The first-order valence-corrected chi connectivity index (χ1v) is 6.63. The molecule has 0 aliphatic heterocycles. The van der Waals surface area contributed by atoms with Gasteiger partial charge in [0.15, 0.2) is 17.7 Å². The first kappa shape index (κ1) is 12.9. The van der Waals surface area contributed by atoms with Crippen molar-refractivity contribution >= 4 is 38.4 Å². The van der Waals surface area contributed by atoms with Gasteiger partial charge in [-0.15, -0.1) is 11.3 Å². The Morgan fingerprint density at radius 3 is 2.90 bits per heavy atom. The summed E-state index contributed by atoms with van der Waals surface area (Å²) in [5.74, 6) is 0.398. The van der Waals surface area contributed by atoms with Gasteiger partial charge >= 0.3 is 0 Å². The van der Waals surface area contributed by atoms with Gasteiger partial charge in [-0.3, -0.25) is 9.63 Å². The van der Waals surface area contributed by atoms with Gasteiger partial charge in [0.1, 0.15) is 5.52 Å². The number of oxazole rings is 1. The maximum absolute atomic E-state index is 12.1. The minimum Gasteiger partial charge on any atom is -0.493 e. The SMILES string of the molecule is COc1cc2sc(C(=O)N(C)OC)cc2c2ncoc12. The van der Waals surface area contributed by atoms with Crippen molar-refractivity contribution in [3.8, 4) is 5.75 Å². The lowest BCUT2D eigenvalue weighted by Crippen LogP contribution is -2.24. The number of benzene rings is 1. The van der Waals surface area contributed by atoms with Crippen molar-refractivity contribution in [2.45, 2.75) is 0 Å². The largest absolute Gasteiger partial charge is 0.493 e. The molecule has 7 heteroatoms. The Labute approximate surface area is 118 Å². The van der Waals surface area contributed by atoms with Gasteiger partial charge in [-0.05, 0) is 6.07 Å². The van der Waals surface area contributed by atoms with E-state index in [-0.39, 0.29) is 5.91 Å². The molecule has 2 heterocycles. The zero-order valence-electron chi connectivity index (χ0n) is 11.2. The molecule has 0 aliphatic carbocycles. The normalized spacial score (nSPS) is 11.2. The molecule has 20 heavy (non-hydrogen) atoms. The molecule has 0 atom stereocenters. The molecule has 0 bridgehead atoms. The Bertz CT molecular complexity index is 792. The van der Waals surface area contributed by atoms with Crippen LogP contribution in [0.4, 0.5) is 0 Å². The average molecular weight is 292 g/mol. The third-order valence-corrected chi connectivity index (χ3v) is 4.13. The van der Waals surface area contributed by atoms with E-state index in [4.69, 9.17) is 14.0 Å². The number of amides is 1. The number of hydrogen-bond donors (Lipinski definition) is 0. The third-order valence-electron chi connectivity index (χ3n) is 3.06. The molecule has 0 spiro atoms. The van der Waals surface area contributed by atoms with Crippen LogP contribution in [0.5, 0.6) is 5.75 Å². The monoisotopic (exact) mass is 292 g/mol. The summed E-state index contributed by atoms with van der Waals surface area (Å²) in [5.41, 5.74) is 1.27. The van der Waals surface area contributed by atoms with Gasteiger partial charge in [-0.1, -0.05) is 0 Å². The second kappa shape index (κ2) is 4.77. The second-order valence-corrected chi connectivity index (χ2v) is 5.20. The molecule has 3 aromatic rings. The van der Waals surface area contributed by atoms with Crippen LogP contribution in [0.25, 0.3) is 21.2 Å². The molecular weight excluding hydrogens is 280 g/mol. The molecule has 1 amide bonds. The molecule has 0 aliphatic rings. The number of hydrogen-bond acceptors (Lipinski definition) is 6. The fourth-order valence-corrected chi connectivity index (χ4v) is 3.05. The first-order chi connectivity index (χ1) is 9.65. The quantitative estimate of drug-likeness (QED) is 0.694. The van der Waals surface area contributed by atoms with Crippen molar-refractivity contribution in [1.29, 1.82) is 0 Å². The highest BCUT2D eigenvalue weighted by atomic mass is 32.1. The van der Waals surface area contributed by atoms with E-state index in [1.807, 2.05) is 6.07 Å². The van der Waals surface area contributed by atoms with E-state index in [1.54, 1.807) is 20.2 Å². The van der Waals surface area contributed by atoms with Crippen LogP contribution < -0.4 is 4.74 Å². The molecule has 6 nitrogen and oxygen atoms in total. The van der Waals surface area contributed by atoms with Crippen molar-refractivity contribution < 1.29 is 18.8 Å². The Balaban J connectivity index is 2.23. The van der Waals surface area contributed by atoms with E-state index in [2.05, 4.69) is 4.98 Å². The zero-order chi connectivity index (χ0) is 14.3. The zero-order valence-corrected chi connectivity index (χ0v) is 12.0. The molecule has 3 rings (SSSR count). The van der Waals surface area contributed by atoms with Crippen LogP contribution in [0.1, 0.15) is 9.67 Å². The minimum atomic E-state index is -0.204. The predicted octanol–water partition coefficient (Wildman–Crippen LogP) is 2.68. The molecule has 0 N–H and O–H groups in total. The minimum absolute atomic E-state index is 0.204. The Hall–Kier alpha value is -2.12. The summed E-state index contributed by atoms with van der Waals surface area (Å²) in [5, 5.41) is 2.05. The van der Waals surface area contributed by atoms with Crippen molar-refractivity contribution in [2.24, 2.45) is 0 Å². The number of nitrogens with zero attached hydrogens (tertiary/aromatic N) is 2. The Kier molecular flexibility index (Phi) is 3.07. The van der Waals surface area contributed by atoms with Gasteiger partial charge in [0.25, 0.3) is 5.91 Å². The molecule has 104 valence electrons. The highest BCUT2D eigenvalue weighted by Crippen LogP contribution is 2.37. The van der Waals surface area contributed by atoms with Crippen LogP contribution in [0, 0.1) is 0 Å². The topological polar surface area (TPSA) is 64.8 Å². The van der Waals surface area contributed by atoms with Gasteiger partial charge in [-0.2, -0.15) is 0 Å². The average Bonchev–Trinajstić information content (AvgIpc) is 3.09. The Morgan fingerprint density at radius 2 is 2.20 bits per heavy atom. The molecule has 0 radical (unpaired) electrons. The number of hydroxylamine groups is 2. The fraction of sp³-hybridized carbons (Fsp3) is 0.231. The van der Waals surface area contributed by atoms with Gasteiger partial charge in [0.2, 0.25) is 0 Å². The summed E-state index contributed by atoms with van der Waals surface area (Å²) in [4.78, 5) is 21.8. The van der Waals surface area contributed by atoms with E-state index < -0.39 is 0 Å². The number of aromatic nitrogens is 1. The van der Waals surface area contributed by atoms with Gasteiger partial charge in [0, 0.05) is 23.2 Å². The van der Waals surface area contributed by atoms with Crippen molar-refractivity contribution in [3.63, 3.8) is 0 Å². The molecule has 0 unspecified atom stereocenters. The highest BCUT2D eigenvalue weighted by molar-refractivity contribution is 7.21. The third kappa shape index (κ3) is 1.83. The number of rotatable bonds is 3. The summed E-state index contributed by atoms with van der Waals surface area (Å²) in [6.07, 6.45) is 1.37. The predicted molar refractivity (Wildman–Crippen MR) is 75.0 cm³/mol. The number of carbonyl (C=O) groups is 1. The highest BCUT2D eigenvalue weighted by Gasteiger charge is 2.19. The lowest BCUT2D eigenvalue weighted by atomic mass is 10.2. The number of thiophene rings is 1. The summed E-state index contributed by atoms with van der Waals surface area (Å²) >= 11 is 1.36. The molecule has 2 aromatic heterocycles. The van der Waals surface area contributed by atoms with Crippen LogP contribution >= 0.6 is 11.3 Å². The molecule has 1 aromatic carbocycles. The Morgan fingerprint density at radius 1 is 1.40 bits per heavy atom. The molecular formula is C13H12N2O4S. The lowest BCUT2D eigenvalue weighted by molar-refractivity contribution is -0.0753. The number of methoxy groups -OCH3 is 1. The fourth-order valence-electron chi connectivity index (χ4n) is 1.99. The van der Waals surface area contributed by atoms with E-state index >= 15 is 0 Å². The van der Waals surface area contributed by atoms with Crippen molar-refractivity contribution in [1.82, 2.24) is 10.0 Å². The maximum Gasteiger partial charge on any atom is 0.287 e. The summed E-state index contributed by atoms with van der Waals surface area (Å²) in [6.45, 7) is 0. The van der Waals surface area contributed by atoms with Gasteiger partial charge in [0.05, 0.1) is 19.1 Å². The molecule has 0 fully saturated rings. The van der Waals surface area contributed by atoms with E-state index in [0.717, 1.165) is 10.1 Å². The first-order valence-electron chi connectivity index (χ1n) is 5.81. The van der Waals surface area contributed by atoms with Crippen molar-refractivity contribution in [2.75, 3.05) is 21.3 Å². The van der Waals surface area contributed by atoms with Crippen molar-refractivity contribution in [3.05, 3.63) is 23.4 Å². The second-order valence-electron chi connectivity index (χ2n) is 4.12. The smallest absolute Gasteiger partial charge is 0.287 e. The maximum atomic E-state index is 12.1. The number of ether oxygens (including phenoxy) is 1. The summed E-state index contributed by atoms with van der Waals surface area (Å²) in [6, 6.07) is 3.64. The lowest BCUT2D eigenvalue weighted by Gasteiger charge is -2.11. The van der Waals surface area contributed by atoms with Crippen LogP contribution in [0.2, 0.25) is 0 Å². The van der Waals surface area contributed by atoms with Gasteiger partial charge in [-0.25, -0.2) is 10.0 Å². The van der Waals surface area contributed by atoms with E-state index in [9.17, 15) is 4.79 Å². The van der Waals surface area contributed by atoms with Crippen LogP contribution in [-0.4, -0.2) is 37.2 Å². The van der Waals surface area contributed by atoms with Crippen LogP contribution in [0.15, 0.2) is 22.9 Å². The number of fused-ring (bicyclic) bond motifs is 3. The van der Waals surface area contributed by atoms with E-state index in [0.29, 0.717) is 21.7 Å². The van der Waals surface area contributed by atoms with Crippen LogP contribution in [-0.2, 0) is 4.84 Å². The molecule has 0 saturated carbocycles. The molecule has 0 saturated heterocycles. The summed E-state index contributed by atoms with van der Waals surface area (Å²) < 4.78 is 11.5.